The van der Waals surface area contributed by atoms with Crippen LogP contribution in [-0.2, 0) is 39.9 Å². The molecule has 0 spiro atoms. The van der Waals surface area contributed by atoms with E-state index >= 15 is 0 Å². The summed E-state index contributed by atoms with van der Waals surface area (Å²) in [6.45, 7) is 12.5. The SMILES string of the molecule is CCCCCCC(C)C1CC(=O)NCC(=O)NC(C(C)C)C(=O)N[C@H](CC(C)C)C(=O)N[C@@H](C)C(=O)NC(Cc2ccccc2)C(=O)O1. The third-order valence-corrected chi connectivity index (χ3v) is 8.49. The minimum absolute atomic E-state index is 0.0149. The fourth-order valence-electron chi connectivity index (χ4n) is 5.55. The molecule has 1 fully saturated rings. The Morgan fingerprint density at radius 2 is 1.44 bits per heavy atom. The average Bonchev–Trinajstić information content (AvgIpc) is 3.03. The van der Waals surface area contributed by atoms with Crippen LogP contribution in [0.4, 0.5) is 0 Å². The molecule has 6 atom stereocenters. The Labute approximate surface area is 285 Å². The monoisotopic (exact) mass is 671 g/mol. The van der Waals surface area contributed by atoms with Gasteiger partial charge in [-0.2, -0.15) is 0 Å². The highest BCUT2D eigenvalue weighted by Crippen LogP contribution is 2.21. The zero-order valence-corrected chi connectivity index (χ0v) is 29.7. The molecule has 1 heterocycles. The van der Waals surface area contributed by atoms with Crippen LogP contribution in [0.3, 0.4) is 0 Å². The summed E-state index contributed by atoms with van der Waals surface area (Å²) in [5, 5.41) is 13.4. The molecule has 5 amide bonds. The molecule has 1 aliphatic rings. The number of carbonyl (C=O) groups excluding carboxylic acids is 6. The molecule has 48 heavy (non-hydrogen) atoms. The van der Waals surface area contributed by atoms with Crippen LogP contribution >= 0.6 is 0 Å². The fourth-order valence-corrected chi connectivity index (χ4v) is 5.55. The zero-order chi connectivity index (χ0) is 35.8. The van der Waals surface area contributed by atoms with Gasteiger partial charge in [0.1, 0.15) is 30.3 Å². The van der Waals surface area contributed by atoms with Gasteiger partial charge in [-0.05, 0) is 43.1 Å². The Hall–Kier alpha value is -3.96. The average molecular weight is 672 g/mol. The van der Waals surface area contributed by atoms with Gasteiger partial charge in [0, 0.05) is 6.42 Å². The Morgan fingerprint density at radius 3 is 2.06 bits per heavy atom. The number of cyclic esters (lactones) is 1. The predicted octanol–water partition coefficient (Wildman–Crippen LogP) is 2.93. The van der Waals surface area contributed by atoms with E-state index in [1.54, 1.807) is 13.8 Å². The van der Waals surface area contributed by atoms with Crippen molar-refractivity contribution in [3.05, 3.63) is 35.9 Å². The highest BCUT2D eigenvalue weighted by Gasteiger charge is 2.34. The molecule has 1 saturated heterocycles. The minimum Gasteiger partial charge on any atom is -0.460 e. The lowest BCUT2D eigenvalue weighted by Crippen LogP contribution is -2.58. The molecular weight excluding hydrogens is 614 g/mol. The third kappa shape index (κ3) is 14.0. The highest BCUT2D eigenvalue weighted by molar-refractivity contribution is 5.95. The van der Waals surface area contributed by atoms with Crippen LogP contribution in [0.1, 0.15) is 99.0 Å². The summed E-state index contributed by atoms with van der Waals surface area (Å²) in [6.07, 6.45) is 4.15. The van der Waals surface area contributed by atoms with Gasteiger partial charge >= 0.3 is 5.97 Å². The molecule has 0 radical (unpaired) electrons. The van der Waals surface area contributed by atoms with Crippen LogP contribution in [0, 0.1) is 17.8 Å². The summed E-state index contributed by atoms with van der Waals surface area (Å²) in [4.78, 5) is 80.0. The second-order valence-corrected chi connectivity index (χ2v) is 13.7. The molecule has 5 N–H and O–H groups in total. The van der Waals surface area contributed by atoms with Crippen LogP contribution in [-0.4, -0.2) is 72.3 Å². The van der Waals surface area contributed by atoms with Crippen LogP contribution in [0.5, 0.6) is 0 Å². The number of carbonyl (C=O) groups is 6. The number of unbranched alkanes of at least 4 members (excludes halogenated alkanes) is 3. The van der Waals surface area contributed by atoms with Gasteiger partial charge in [-0.25, -0.2) is 4.79 Å². The van der Waals surface area contributed by atoms with Gasteiger partial charge in [-0.1, -0.05) is 97.6 Å². The predicted molar refractivity (Wildman–Crippen MR) is 183 cm³/mol. The lowest BCUT2D eigenvalue weighted by atomic mass is 9.94. The molecule has 0 aromatic heterocycles. The lowest BCUT2D eigenvalue weighted by Gasteiger charge is -2.28. The number of amides is 5. The molecule has 1 aliphatic heterocycles. The van der Waals surface area contributed by atoms with Crippen LogP contribution < -0.4 is 26.6 Å². The molecule has 12 nitrogen and oxygen atoms in total. The number of ether oxygens (including phenoxy) is 1. The van der Waals surface area contributed by atoms with Crippen LogP contribution in [0.2, 0.25) is 0 Å². The van der Waals surface area contributed by atoms with Crippen LogP contribution in [0.25, 0.3) is 0 Å². The molecular formula is C36H57N5O7. The largest absolute Gasteiger partial charge is 0.460 e. The molecule has 1 aromatic carbocycles. The van der Waals surface area contributed by atoms with E-state index in [0.29, 0.717) is 6.42 Å². The first-order chi connectivity index (χ1) is 22.7. The van der Waals surface area contributed by atoms with E-state index in [0.717, 1.165) is 31.2 Å². The van der Waals surface area contributed by atoms with Gasteiger partial charge in [-0.15, -0.1) is 0 Å². The molecule has 4 unspecified atom stereocenters. The van der Waals surface area contributed by atoms with Crippen LogP contribution in [0.15, 0.2) is 30.3 Å². The van der Waals surface area contributed by atoms with Crippen molar-refractivity contribution in [3.63, 3.8) is 0 Å². The molecule has 0 bridgehead atoms. The quantitative estimate of drug-likeness (QED) is 0.178. The lowest BCUT2D eigenvalue weighted by molar-refractivity contribution is -0.157. The van der Waals surface area contributed by atoms with E-state index in [2.05, 4.69) is 33.5 Å². The molecule has 1 aromatic rings. The standard InChI is InChI=1S/C36H57N5O7/c1-8-9-10-12-15-24(6)29-20-30(42)37-21-31(43)41-32(23(4)5)35(46)39-27(18-22(2)3)34(45)38-25(7)33(44)40-28(36(47)48-29)19-26-16-13-11-14-17-26/h11,13-14,16-17,22-25,27-29,32H,8-10,12,15,18-21H2,1-7H3,(H,37,42)(H,38,45)(H,39,46)(H,40,44)(H,41,43)/t24?,25-,27+,28?,29?,32?/m0/s1. The maximum absolute atomic E-state index is 13.8. The van der Waals surface area contributed by atoms with E-state index in [9.17, 15) is 28.8 Å². The number of nitrogens with one attached hydrogen (secondary N) is 5. The van der Waals surface area contributed by atoms with Crippen molar-refractivity contribution in [2.45, 2.75) is 130 Å². The van der Waals surface area contributed by atoms with Gasteiger partial charge in [-0.3, -0.25) is 24.0 Å². The fraction of sp³-hybridized carbons (Fsp3) is 0.667. The summed E-state index contributed by atoms with van der Waals surface area (Å²) in [5.41, 5.74) is 0.780. The first-order valence-electron chi connectivity index (χ1n) is 17.4. The number of hydrogen-bond donors (Lipinski definition) is 5. The number of hydrogen-bond acceptors (Lipinski definition) is 7. The van der Waals surface area contributed by atoms with E-state index in [-0.39, 0.29) is 43.6 Å². The Morgan fingerprint density at radius 1 is 0.771 bits per heavy atom. The summed E-state index contributed by atoms with van der Waals surface area (Å²) >= 11 is 0. The van der Waals surface area contributed by atoms with Gasteiger partial charge in [0.25, 0.3) is 0 Å². The van der Waals surface area contributed by atoms with Crippen molar-refractivity contribution < 1.29 is 33.5 Å². The summed E-state index contributed by atoms with van der Waals surface area (Å²) in [6, 6.07) is 5.01. The van der Waals surface area contributed by atoms with E-state index in [4.69, 9.17) is 4.74 Å². The van der Waals surface area contributed by atoms with Crippen molar-refractivity contribution in [1.82, 2.24) is 26.6 Å². The maximum atomic E-state index is 13.8. The van der Waals surface area contributed by atoms with Gasteiger partial charge in [0.2, 0.25) is 29.5 Å². The Bertz CT molecular complexity index is 1220. The van der Waals surface area contributed by atoms with Crippen molar-refractivity contribution in [2.24, 2.45) is 17.8 Å². The number of rotatable bonds is 11. The minimum atomic E-state index is -1.11. The van der Waals surface area contributed by atoms with E-state index < -0.39 is 65.8 Å². The smallest absolute Gasteiger partial charge is 0.329 e. The molecule has 12 heteroatoms. The van der Waals surface area contributed by atoms with Crippen molar-refractivity contribution in [2.75, 3.05) is 6.54 Å². The molecule has 2 rings (SSSR count). The van der Waals surface area contributed by atoms with Gasteiger partial charge in [0.05, 0.1) is 13.0 Å². The van der Waals surface area contributed by atoms with E-state index in [1.807, 2.05) is 51.1 Å². The summed E-state index contributed by atoms with van der Waals surface area (Å²) in [5.74, 6) is -4.00. The van der Waals surface area contributed by atoms with E-state index in [1.165, 1.54) is 6.92 Å². The maximum Gasteiger partial charge on any atom is 0.329 e. The first kappa shape index (κ1) is 40.2. The molecule has 0 aliphatic carbocycles. The number of esters is 1. The van der Waals surface area contributed by atoms with Crippen molar-refractivity contribution in [3.8, 4) is 0 Å². The normalized spacial score (nSPS) is 24.6. The topological polar surface area (TPSA) is 172 Å². The number of benzene rings is 1. The summed E-state index contributed by atoms with van der Waals surface area (Å²) in [7, 11) is 0. The zero-order valence-electron chi connectivity index (χ0n) is 29.7. The molecule has 0 saturated carbocycles. The van der Waals surface area contributed by atoms with Crippen molar-refractivity contribution >= 4 is 35.5 Å². The van der Waals surface area contributed by atoms with Gasteiger partial charge < -0.3 is 31.3 Å². The Kier molecular flexibility index (Phi) is 17.1. The van der Waals surface area contributed by atoms with Crippen molar-refractivity contribution in [1.29, 1.82) is 0 Å². The summed E-state index contributed by atoms with van der Waals surface area (Å²) < 4.78 is 5.99. The first-order valence-corrected chi connectivity index (χ1v) is 17.4. The second kappa shape index (κ2) is 20.4. The molecule has 268 valence electrons. The Balaban J connectivity index is 2.46. The second-order valence-electron chi connectivity index (χ2n) is 13.7. The third-order valence-electron chi connectivity index (χ3n) is 8.49. The van der Waals surface area contributed by atoms with Gasteiger partial charge in [0.15, 0.2) is 0 Å². The highest BCUT2D eigenvalue weighted by atomic mass is 16.5.